The quantitative estimate of drug-likeness (QED) is 0.349. The first kappa shape index (κ1) is 16.6. The number of fused-ring (bicyclic) bond motifs is 2. The summed E-state index contributed by atoms with van der Waals surface area (Å²) in [6, 6.07) is 28.1. The van der Waals surface area contributed by atoms with E-state index in [1.54, 1.807) is 0 Å². The maximum Gasteiger partial charge on any atom is 0.0920 e. The Hall–Kier alpha value is -3.52. The largest absolute Gasteiger partial charge is 0.255 e. The van der Waals surface area contributed by atoms with Gasteiger partial charge in [-0.25, -0.2) is 0 Å². The fourth-order valence-corrected chi connectivity index (χ4v) is 4.07. The van der Waals surface area contributed by atoms with Crippen LogP contribution in [0.15, 0.2) is 85.1 Å². The molecule has 0 atom stereocenters. The molecule has 0 spiro atoms. The van der Waals surface area contributed by atoms with E-state index in [1.807, 2.05) is 20.0 Å². The molecular formula is C26H20N2. The lowest BCUT2D eigenvalue weighted by Crippen LogP contribution is -1.95. The Labute approximate surface area is 164 Å². The van der Waals surface area contributed by atoms with Gasteiger partial charge < -0.3 is 0 Å². The molecule has 1 aromatic heterocycles. The van der Waals surface area contributed by atoms with Crippen molar-refractivity contribution in [2.75, 3.05) is 0 Å². The molecule has 1 heterocycles. The first-order valence-corrected chi connectivity index (χ1v) is 9.53. The molecule has 2 heteroatoms. The summed E-state index contributed by atoms with van der Waals surface area (Å²) >= 11 is 0. The van der Waals surface area contributed by atoms with Crippen LogP contribution in [0, 0.1) is 13.8 Å². The van der Waals surface area contributed by atoms with Crippen molar-refractivity contribution < 1.29 is 0 Å². The molecule has 0 N–H and O–H groups in total. The first-order valence-electron chi connectivity index (χ1n) is 9.53. The smallest absolute Gasteiger partial charge is 0.0920 e. The molecule has 4 aromatic carbocycles. The zero-order valence-corrected chi connectivity index (χ0v) is 16.0. The van der Waals surface area contributed by atoms with E-state index in [2.05, 4.69) is 88.8 Å². The van der Waals surface area contributed by atoms with Gasteiger partial charge >= 0.3 is 0 Å². The lowest BCUT2D eigenvalue weighted by molar-refractivity contribution is 1.06. The molecule has 0 amide bonds. The van der Waals surface area contributed by atoms with E-state index in [1.165, 1.54) is 32.7 Å². The van der Waals surface area contributed by atoms with Gasteiger partial charge in [0.2, 0.25) is 0 Å². The fraction of sp³-hybridized carbons (Fsp3) is 0.0769. The van der Waals surface area contributed by atoms with Gasteiger partial charge in [0.1, 0.15) is 0 Å². The van der Waals surface area contributed by atoms with Gasteiger partial charge in [0, 0.05) is 11.8 Å². The topological polar surface area (TPSA) is 25.8 Å². The minimum absolute atomic E-state index is 0.943. The molecule has 5 aromatic rings. The summed E-state index contributed by atoms with van der Waals surface area (Å²) in [5.74, 6) is 0. The van der Waals surface area contributed by atoms with Crippen molar-refractivity contribution in [3.05, 3.63) is 96.4 Å². The number of aryl methyl sites for hydroxylation is 2. The summed E-state index contributed by atoms with van der Waals surface area (Å²) in [5, 5.41) is 4.97. The number of benzene rings is 4. The number of hydrogen-bond acceptors (Lipinski definition) is 2. The third kappa shape index (κ3) is 2.66. The van der Waals surface area contributed by atoms with Gasteiger partial charge in [-0.15, -0.1) is 0 Å². The number of rotatable bonds is 2. The second kappa shape index (κ2) is 6.58. The Balaban J connectivity index is 1.81. The average molecular weight is 360 g/mol. The van der Waals surface area contributed by atoms with E-state index in [0.717, 1.165) is 22.6 Å². The molecule has 134 valence electrons. The maximum atomic E-state index is 4.69. The molecule has 28 heavy (non-hydrogen) atoms. The van der Waals surface area contributed by atoms with Crippen molar-refractivity contribution in [3.63, 3.8) is 0 Å². The summed E-state index contributed by atoms with van der Waals surface area (Å²) in [7, 11) is 0. The van der Waals surface area contributed by atoms with Crippen LogP contribution in [0.1, 0.15) is 11.4 Å². The minimum atomic E-state index is 0.943. The van der Waals surface area contributed by atoms with Crippen LogP contribution in [0.4, 0.5) is 0 Å². The molecule has 0 fully saturated rings. The van der Waals surface area contributed by atoms with Gasteiger partial charge in [-0.3, -0.25) is 9.97 Å². The van der Waals surface area contributed by atoms with Gasteiger partial charge in [-0.05, 0) is 46.5 Å². The molecule has 0 aliphatic heterocycles. The highest BCUT2D eigenvalue weighted by Gasteiger charge is 2.13. The molecule has 0 unspecified atom stereocenters. The van der Waals surface area contributed by atoms with E-state index in [9.17, 15) is 0 Å². The predicted molar refractivity (Wildman–Crippen MR) is 117 cm³/mol. The SMILES string of the molecule is Cc1cnc(-c2cccc3c(-c4cccc5ccccc45)cccc23)c(C)n1. The average Bonchev–Trinajstić information content (AvgIpc) is 2.73. The van der Waals surface area contributed by atoms with Crippen LogP contribution < -0.4 is 0 Å². The fourth-order valence-electron chi connectivity index (χ4n) is 4.07. The van der Waals surface area contributed by atoms with E-state index >= 15 is 0 Å². The van der Waals surface area contributed by atoms with Gasteiger partial charge in [-0.1, -0.05) is 78.9 Å². The molecule has 5 rings (SSSR count). The molecule has 0 bridgehead atoms. The number of nitrogens with zero attached hydrogens (tertiary/aromatic N) is 2. The molecule has 0 saturated heterocycles. The highest BCUT2D eigenvalue weighted by molar-refractivity contribution is 6.08. The van der Waals surface area contributed by atoms with Gasteiger partial charge in [0.05, 0.1) is 17.1 Å². The minimum Gasteiger partial charge on any atom is -0.255 e. The lowest BCUT2D eigenvalue weighted by Gasteiger charge is -2.13. The molecular weight excluding hydrogens is 340 g/mol. The van der Waals surface area contributed by atoms with Crippen LogP contribution >= 0.6 is 0 Å². The molecule has 0 radical (unpaired) electrons. The van der Waals surface area contributed by atoms with E-state index < -0.39 is 0 Å². The highest BCUT2D eigenvalue weighted by atomic mass is 14.8. The summed E-state index contributed by atoms with van der Waals surface area (Å²) < 4.78 is 0. The van der Waals surface area contributed by atoms with Gasteiger partial charge in [0.25, 0.3) is 0 Å². The van der Waals surface area contributed by atoms with E-state index in [4.69, 9.17) is 0 Å². The summed E-state index contributed by atoms with van der Waals surface area (Å²) in [5.41, 5.74) is 6.48. The zero-order chi connectivity index (χ0) is 19.1. The maximum absolute atomic E-state index is 4.69. The Morgan fingerprint density at radius 2 is 1.14 bits per heavy atom. The molecule has 0 aliphatic rings. The third-order valence-electron chi connectivity index (χ3n) is 5.32. The monoisotopic (exact) mass is 360 g/mol. The lowest BCUT2D eigenvalue weighted by atomic mass is 9.91. The normalized spacial score (nSPS) is 11.2. The Morgan fingerprint density at radius 1 is 0.571 bits per heavy atom. The van der Waals surface area contributed by atoms with Crippen molar-refractivity contribution in [1.29, 1.82) is 0 Å². The summed E-state index contributed by atoms with van der Waals surface area (Å²) in [6.45, 7) is 4.01. The Morgan fingerprint density at radius 3 is 1.93 bits per heavy atom. The summed E-state index contributed by atoms with van der Waals surface area (Å²) in [6.07, 6.45) is 1.84. The van der Waals surface area contributed by atoms with E-state index in [-0.39, 0.29) is 0 Å². The first-order chi connectivity index (χ1) is 13.7. The van der Waals surface area contributed by atoms with Crippen LogP contribution in [0.3, 0.4) is 0 Å². The van der Waals surface area contributed by atoms with E-state index in [0.29, 0.717) is 0 Å². The van der Waals surface area contributed by atoms with Gasteiger partial charge in [0.15, 0.2) is 0 Å². The Kier molecular flexibility index (Phi) is 3.91. The number of hydrogen-bond donors (Lipinski definition) is 0. The number of aromatic nitrogens is 2. The van der Waals surface area contributed by atoms with Crippen molar-refractivity contribution in [2.45, 2.75) is 13.8 Å². The van der Waals surface area contributed by atoms with Crippen LogP contribution in [0.25, 0.3) is 43.9 Å². The molecule has 2 nitrogen and oxygen atoms in total. The highest BCUT2D eigenvalue weighted by Crippen LogP contribution is 2.37. The van der Waals surface area contributed by atoms with Crippen molar-refractivity contribution in [3.8, 4) is 22.4 Å². The van der Waals surface area contributed by atoms with Crippen LogP contribution in [0.5, 0.6) is 0 Å². The molecule has 0 saturated carbocycles. The third-order valence-corrected chi connectivity index (χ3v) is 5.32. The molecule has 0 aliphatic carbocycles. The van der Waals surface area contributed by atoms with Gasteiger partial charge in [-0.2, -0.15) is 0 Å². The second-order valence-corrected chi connectivity index (χ2v) is 7.18. The second-order valence-electron chi connectivity index (χ2n) is 7.18. The predicted octanol–water partition coefficient (Wildman–Crippen LogP) is 6.73. The summed E-state index contributed by atoms with van der Waals surface area (Å²) in [4.78, 5) is 9.30. The van der Waals surface area contributed by atoms with Crippen molar-refractivity contribution in [2.24, 2.45) is 0 Å². The van der Waals surface area contributed by atoms with Crippen molar-refractivity contribution in [1.82, 2.24) is 9.97 Å². The standard InChI is InChI=1S/C26H20N2/c1-17-16-27-26(18(2)28-17)25-15-7-13-23-22(12-6-14-24(23)25)21-11-5-9-19-8-3-4-10-20(19)21/h3-16H,1-2H3. The zero-order valence-electron chi connectivity index (χ0n) is 16.0. The van der Waals surface area contributed by atoms with Crippen LogP contribution in [-0.2, 0) is 0 Å². The van der Waals surface area contributed by atoms with Crippen LogP contribution in [0.2, 0.25) is 0 Å². The van der Waals surface area contributed by atoms with Crippen LogP contribution in [-0.4, -0.2) is 9.97 Å². The Bertz CT molecular complexity index is 1330. The van der Waals surface area contributed by atoms with Crippen molar-refractivity contribution >= 4 is 21.5 Å².